The topological polar surface area (TPSA) is 64.7 Å². The summed E-state index contributed by atoms with van der Waals surface area (Å²) in [5.74, 6) is 0.629. The molecule has 0 unspecified atom stereocenters. The quantitative estimate of drug-likeness (QED) is 0.490. The number of hydrogen-bond acceptors (Lipinski definition) is 5. The number of fused-ring (bicyclic) bond motifs is 3. The molecule has 0 aliphatic heterocycles. The Balaban J connectivity index is 1.54. The van der Waals surface area contributed by atoms with Crippen molar-refractivity contribution >= 4 is 33.2 Å². The Hall–Kier alpha value is -2.93. The van der Waals surface area contributed by atoms with Crippen molar-refractivity contribution in [2.24, 2.45) is 0 Å². The van der Waals surface area contributed by atoms with Gasteiger partial charge in [-0.1, -0.05) is 19.1 Å². The molecule has 1 N–H and O–H groups in total. The number of anilines is 2. The summed E-state index contributed by atoms with van der Waals surface area (Å²) in [6.45, 7) is 3.45. The third-order valence-electron chi connectivity index (χ3n) is 5.61. The van der Waals surface area contributed by atoms with Gasteiger partial charge in [0.2, 0.25) is 5.95 Å². The van der Waals surface area contributed by atoms with Crippen LogP contribution in [0.1, 0.15) is 42.2 Å². The maximum Gasteiger partial charge on any atom is 0.263 e. The second-order valence-corrected chi connectivity index (χ2v) is 8.90. The molecule has 7 heteroatoms. The Labute approximate surface area is 179 Å². The second kappa shape index (κ2) is 8.07. The van der Waals surface area contributed by atoms with Crippen molar-refractivity contribution in [1.29, 1.82) is 0 Å². The molecule has 154 valence electrons. The molecule has 4 aromatic rings. The molecule has 0 atom stereocenters. The number of aryl methyl sites for hydroxylation is 2. The van der Waals surface area contributed by atoms with Gasteiger partial charge < -0.3 is 5.32 Å². The molecular formula is C23H25N5OS. The molecule has 0 radical (unpaired) electrons. The predicted octanol–water partition coefficient (Wildman–Crippen LogP) is 4.74. The normalized spacial score (nSPS) is 13.5. The summed E-state index contributed by atoms with van der Waals surface area (Å²) in [6.07, 6.45) is 9.06. The lowest BCUT2D eigenvalue weighted by Crippen LogP contribution is -2.24. The molecule has 0 amide bonds. The lowest BCUT2D eigenvalue weighted by Gasteiger charge is -2.15. The first-order valence-corrected chi connectivity index (χ1v) is 11.4. The molecule has 1 aliphatic carbocycles. The van der Waals surface area contributed by atoms with Gasteiger partial charge >= 0.3 is 0 Å². The van der Waals surface area contributed by atoms with E-state index in [1.807, 2.05) is 33.6 Å². The van der Waals surface area contributed by atoms with Crippen molar-refractivity contribution in [3.8, 4) is 0 Å². The van der Waals surface area contributed by atoms with Crippen molar-refractivity contribution in [3.63, 3.8) is 0 Å². The monoisotopic (exact) mass is 419 g/mol. The van der Waals surface area contributed by atoms with E-state index in [1.165, 1.54) is 16.9 Å². The van der Waals surface area contributed by atoms with Gasteiger partial charge in [-0.15, -0.1) is 11.3 Å². The Morgan fingerprint density at radius 3 is 2.93 bits per heavy atom. The molecule has 3 aromatic heterocycles. The predicted molar refractivity (Wildman–Crippen MR) is 122 cm³/mol. The lowest BCUT2D eigenvalue weighted by atomic mass is 9.97. The van der Waals surface area contributed by atoms with Crippen LogP contribution in [0.2, 0.25) is 0 Å². The highest BCUT2D eigenvalue weighted by molar-refractivity contribution is 7.18. The van der Waals surface area contributed by atoms with Gasteiger partial charge in [0.15, 0.2) is 0 Å². The average Bonchev–Trinajstić information content (AvgIpc) is 3.38. The molecule has 0 saturated heterocycles. The van der Waals surface area contributed by atoms with Gasteiger partial charge in [0.1, 0.15) is 4.83 Å². The van der Waals surface area contributed by atoms with Gasteiger partial charge in [0, 0.05) is 29.5 Å². The zero-order valence-corrected chi connectivity index (χ0v) is 17.9. The van der Waals surface area contributed by atoms with E-state index in [4.69, 9.17) is 4.98 Å². The van der Waals surface area contributed by atoms with Gasteiger partial charge in [-0.05, 0) is 61.4 Å². The van der Waals surface area contributed by atoms with Crippen LogP contribution in [0.15, 0.2) is 47.5 Å². The number of thiophene rings is 1. The van der Waals surface area contributed by atoms with Crippen LogP contribution < -0.4 is 10.9 Å². The van der Waals surface area contributed by atoms with Crippen LogP contribution in [0, 0.1) is 0 Å². The van der Waals surface area contributed by atoms with E-state index in [0.717, 1.165) is 47.2 Å². The van der Waals surface area contributed by atoms with E-state index in [1.54, 1.807) is 17.5 Å². The van der Waals surface area contributed by atoms with E-state index < -0.39 is 0 Å². The maximum absolute atomic E-state index is 13.4. The van der Waals surface area contributed by atoms with Crippen LogP contribution in [-0.4, -0.2) is 19.3 Å². The molecular weight excluding hydrogens is 394 g/mol. The largest absolute Gasteiger partial charge is 0.325 e. The highest BCUT2D eigenvalue weighted by atomic mass is 32.1. The number of nitrogens with one attached hydrogen (secondary N) is 1. The Morgan fingerprint density at radius 2 is 2.10 bits per heavy atom. The first-order valence-electron chi connectivity index (χ1n) is 10.6. The first-order chi connectivity index (χ1) is 14.7. The Kier molecular flexibility index (Phi) is 5.12. The highest BCUT2D eigenvalue weighted by Crippen LogP contribution is 2.34. The molecule has 0 spiro atoms. The minimum absolute atomic E-state index is 0.0939. The van der Waals surface area contributed by atoms with E-state index in [-0.39, 0.29) is 5.56 Å². The van der Waals surface area contributed by atoms with Crippen LogP contribution in [0.5, 0.6) is 0 Å². The fraction of sp³-hybridized carbons (Fsp3) is 0.348. The van der Waals surface area contributed by atoms with Gasteiger partial charge in [-0.25, -0.2) is 4.98 Å². The zero-order valence-electron chi connectivity index (χ0n) is 17.1. The molecule has 3 heterocycles. The third-order valence-corrected chi connectivity index (χ3v) is 6.79. The zero-order chi connectivity index (χ0) is 20.5. The number of nitrogens with zero attached hydrogens (tertiary/aromatic N) is 4. The van der Waals surface area contributed by atoms with Crippen molar-refractivity contribution in [3.05, 3.63) is 69.1 Å². The molecule has 1 aromatic carbocycles. The van der Waals surface area contributed by atoms with Gasteiger partial charge in [0.25, 0.3) is 5.56 Å². The molecule has 0 fully saturated rings. The van der Waals surface area contributed by atoms with Crippen LogP contribution in [0.25, 0.3) is 10.2 Å². The molecule has 6 nitrogen and oxygen atoms in total. The van der Waals surface area contributed by atoms with E-state index in [0.29, 0.717) is 19.0 Å². The molecule has 5 rings (SSSR count). The number of benzene rings is 1. The molecule has 30 heavy (non-hydrogen) atoms. The summed E-state index contributed by atoms with van der Waals surface area (Å²) in [5.41, 5.74) is 3.41. The number of hydrogen-bond donors (Lipinski definition) is 1. The van der Waals surface area contributed by atoms with Crippen molar-refractivity contribution < 1.29 is 0 Å². The highest BCUT2D eigenvalue weighted by Gasteiger charge is 2.22. The van der Waals surface area contributed by atoms with Crippen LogP contribution >= 0.6 is 11.3 Å². The van der Waals surface area contributed by atoms with Gasteiger partial charge in [0.05, 0.1) is 11.9 Å². The van der Waals surface area contributed by atoms with Crippen LogP contribution in [0.3, 0.4) is 0 Å². The fourth-order valence-electron chi connectivity index (χ4n) is 4.22. The van der Waals surface area contributed by atoms with E-state index >= 15 is 0 Å². The molecule has 1 aliphatic rings. The Bertz CT molecular complexity index is 1240. The standard InChI is InChI=1S/C23H25N5OS/c1-2-12-28-22(29)20-18-9-3-4-10-19(18)30-21(20)26-23(28)25-17-8-5-7-16(14-17)15-27-13-6-11-24-27/h5-8,11,13-14H,2-4,9-10,12,15H2,1H3,(H,25,26). The van der Waals surface area contributed by atoms with E-state index in [9.17, 15) is 4.79 Å². The van der Waals surface area contributed by atoms with Gasteiger partial charge in [-0.2, -0.15) is 5.10 Å². The van der Waals surface area contributed by atoms with E-state index in [2.05, 4.69) is 29.5 Å². The summed E-state index contributed by atoms with van der Waals surface area (Å²) in [5, 5.41) is 8.55. The summed E-state index contributed by atoms with van der Waals surface area (Å²) in [4.78, 5) is 20.6. The smallest absolute Gasteiger partial charge is 0.263 e. The summed E-state index contributed by atoms with van der Waals surface area (Å²) >= 11 is 1.70. The lowest BCUT2D eigenvalue weighted by molar-refractivity contribution is 0.655. The summed E-state index contributed by atoms with van der Waals surface area (Å²) < 4.78 is 3.71. The summed E-state index contributed by atoms with van der Waals surface area (Å²) in [7, 11) is 0. The van der Waals surface area contributed by atoms with Crippen LogP contribution in [-0.2, 0) is 25.9 Å². The third kappa shape index (κ3) is 3.54. The maximum atomic E-state index is 13.4. The van der Waals surface area contributed by atoms with Gasteiger partial charge in [-0.3, -0.25) is 14.0 Å². The summed E-state index contributed by atoms with van der Waals surface area (Å²) in [6, 6.07) is 10.1. The second-order valence-electron chi connectivity index (χ2n) is 7.81. The van der Waals surface area contributed by atoms with Crippen LogP contribution in [0.4, 0.5) is 11.6 Å². The SMILES string of the molecule is CCCn1c(Nc2cccc(Cn3cccn3)c2)nc2sc3c(c2c1=O)CCCC3. The molecule has 0 saturated carbocycles. The minimum Gasteiger partial charge on any atom is -0.325 e. The number of aromatic nitrogens is 4. The Morgan fingerprint density at radius 1 is 1.20 bits per heavy atom. The first kappa shape index (κ1) is 19.1. The average molecular weight is 420 g/mol. The number of rotatable bonds is 6. The fourth-order valence-corrected chi connectivity index (χ4v) is 5.47. The van der Waals surface area contributed by atoms with Crippen molar-refractivity contribution in [1.82, 2.24) is 19.3 Å². The molecule has 0 bridgehead atoms. The minimum atomic E-state index is 0.0939. The van der Waals surface area contributed by atoms with Crippen molar-refractivity contribution in [2.45, 2.75) is 52.1 Å². The van der Waals surface area contributed by atoms with Crippen molar-refractivity contribution in [2.75, 3.05) is 5.32 Å².